The van der Waals surface area contributed by atoms with Gasteiger partial charge in [0, 0.05) is 25.2 Å². The van der Waals surface area contributed by atoms with Crippen LogP contribution in [0.3, 0.4) is 0 Å². The molecule has 5 heteroatoms. The Morgan fingerprint density at radius 2 is 1.74 bits per heavy atom. The minimum absolute atomic E-state index is 0.235. The third kappa shape index (κ3) is 4.43. The van der Waals surface area contributed by atoms with Crippen molar-refractivity contribution < 1.29 is 14.2 Å². The fourth-order valence-electron chi connectivity index (χ4n) is 3.82. The van der Waals surface area contributed by atoms with E-state index in [2.05, 4.69) is 9.80 Å². The molecule has 1 N–H and O–H groups in total. The van der Waals surface area contributed by atoms with Crippen LogP contribution in [0.2, 0.25) is 0 Å². The number of hydrogen-bond acceptors (Lipinski definition) is 4. The van der Waals surface area contributed by atoms with Crippen LogP contribution in [0, 0.1) is 5.82 Å². The van der Waals surface area contributed by atoms with Crippen LogP contribution in [-0.2, 0) is 0 Å². The molecule has 2 atom stereocenters. The Balaban J connectivity index is 1.44. The minimum atomic E-state index is -0.235. The molecule has 2 fully saturated rings. The molecular weight excluding hydrogens is 295 g/mol. The first-order valence-electron chi connectivity index (χ1n) is 8.73. The van der Waals surface area contributed by atoms with Gasteiger partial charge in [-0.15, -0.1) is 0 Å². The Hall–Kier alpha value is -1.17. The smallest absolute Gasteiger partial charge is 0.123 e. The quantitative estimate of drug-likeness (QED) is 0.834. The molecule has 2 saturated heterocycles. The lowest BCUT2D eigenvalue weighted by Crippen LogP contribution is -2.44. The molecular formula is C18H27FN2O2. The summed E-state index contributed by atoms with van der Waals surface area (Å²) in [5.74, 6) is 0.489. The molecule has 0 bridgehead atoms. The summed E-state index contributed by atoms with van der Waals surface area (Å²) in [5.41, 5.74) is 0. The highest BCUT2D eigenvalue weighted by Crippen LogP contribution is 2.23. The fourth-order valence-corrected chi connectivity index (χ4v) is 3.82. The van der Waals surface area contributed by atoms with Crippen molar-refractivity contribution in [2.45, 2.75) is 37.8 Å². The molecule has 0 spiro atoms. The Morgan fingerprint density at radius 3 is 2.48 bits per heavy atom. The SMILES string of the molecule is OC[C@H]1CCCN1C[C@H]1CCCN1CCOc1ccc(F)cc1. The van der Waals surface area contributed by atoms with Crippen LogP contribution in [-0.4, -0.2) is 66.4 Å². The second kappa shape index (κ2) is 8.08. The van der Waals surface area contributed by atoms with Crippen molar-refractivity contribution >= 4 is 0 Å². The van der Waals surface area contributed by atoms with Gasteiger partial charge in [-0.05, 0) is 63.0 Å². The van der Waals surface area contributed by atoms with Crippen LogP contribution in [0.5, 0.6) is 5.75 Å². The van der Waals surface area contributed by atoms with E-state index < -0.39 is 0 Å². The third-order valence-corrected chi connectivity index (χ3v) is 5.12. The number of nitrogens with zero attached hydrogens (tertiary/aromatic N) is 2. The van der Waals surface area contributed by atoms with Gasteiger partial charge in [-0.2, -0.15) is 0 Å². The van der Waals surface area contributed by atoms with Gasteiger partial charge >= 0.3 is 0 Å². The maximum absolute atomic E-state index is 12.9. The predicted molar refractivity (Wildman–Crippen MR) is 88.2 cm³/mol. The maximum Gasteiger partial charge on any atom is 0.123 e. The van der Waals surface area contributed by atoms with Gasteiger partial charge in [-0.3, -0.25) is 9.80 Å². The highest BCUT2D eigenvalue weighted by atomic mass is 19.1. The maximum atomic E-state index is 12.9. The van der Waals surface area contributed by atoms with Crippen molar-refractivity contribution in [3.05, 3.63) is 30.1 Å². The van der Waals surface area contributed by atoms with Gasteiger partial charge in [0.25, 0.3) is 0 Å². The summed E-state index contributed by atoms with van der Waals surface area (Å²) >= 11 is 0. The van der Waals surface area contributed by atoms with E-state index in [1.165, 1.54) is 31.4 Å². The van der Waals surface area contributed by atoms with E-state index in [0.717, 1.165) is 38.3 Å². The minimum Gasteiger partial charge on any atom is -0.492 e. The van der Waals surface area contributed by atoms with Crippen molar-refractivity contribution in [3.63, 3.8) is 0 Å². The largest absolute Gasteiger partial charge is 0.492 e. The Morgan fingerprint density at radius 1 is 1.04 bits per heavy atom. The molecule has 0 aromatic heterocycles. The van der Waals surface area contributed by atoms with E-state index in [4.69, 9.17) is 4.74 Å². The van der Waals surface area contributed by atoms with Gasteiger partial charge in [0.2, 0.25) is 0 Å². The molecule has 23 heavy (non-hydrogen) atoms. The highest BCUT2D eigenvalue weighted by molar-refractivity contribution is 5.21. The number of halogens is 1. The summed E-state index contributed by atoms with van der Waals surface area (Å²) in [6, 6.07) is 7.12. The topological polar surface area (TPSA) is 35.9 Å². The number of hydrogen-bond donors (Lipinski definition) is 1. The highest BCUT2D eigenvalue weighted by Gasteiger charge is 2.30. The summed E-state index contributed by atoms with van der Waals surface area (Å²) in [6.07, 6.45) is 4.78. The molecule has 2 aliphatic heterocycles. The summed E-state index contributed by atoms with van der Waals surface area (Å²) in [6.45, 7) is 5.10. The van der Waals surface area contributed by atoms with E-state index in [1.807, 2.05) is 0 Å². The van der Waals surface area contributed by atoms with Gasteiger partial charge in [-0.25, -0.2) is 4.39 Å². The first-order chi connectivity index (χ1) is 11.3. The molecule has 0 aliphatic carbocycles. The molecule has 0 radical (unpaired) electrons. The molecule has 0 saturated carbocycles. The van der Waals surface area contributed by atoms with E-state index >= 15 is 0 Å². The van der Waals surface area contributed by atoms with E-state index in [0.29, 0.717) is 18.7 Å². The van der Waals surface area contributed by atoms with Crippen molar-refractivity contribution in [2.24, 2.45) is 0 Å². The van der Waals surface area contributed by atoms with Gasteiger partial charge in [0.1, 0.15) is 18.2 Å². The third-order valence-electron chi connectivity index (χ3n) is 5.12. The lowest BCUT2D eigenvalue weighted by Gasteiger charge is -2.31. The van der Waals surface area contributed by atoms with E-state index in [9.17, 15) is 9.50 Å². The Bertz CT molecular complexity index is 482. The zero-order chi connectivity index (χ0) is 16.1. The van der Waals surface area contributed by atoms with Gasteiger partial charge in [0.05, 0.1) is 6.61 Å². The number of ether oxygens (including phenoxy) is 1. The number of likely N-dealkylation sites (tertiary alicyclic amines) is 2. The second-order valence-electron chi connectivity index (χ2n) is 6.61. The van der Waals surface area contributed by atoms with Crippen LogP contribution >= 0.6 is 0 Å². The predicted octanol–water partition coefficient (Wildman–Crippen LogP) is 2.13. The molecule has 3 rings (SSSR count). The molecule has 2 heterocycles. The number of aliphatic hydroxyl groups excluding tert-OH is 1. The second-order valence-corrected chi connectivity index (χ2v) is 6.61. The molecule has 0 unspecified atom stereocenters. The van der Waals surface area contributed by atoms with Crippen molar-refractivity contribution in [2.75, 3.05) is 39.4 Å². The summed E-state index contributed by atoms with van der Waals surface area (Å²) in [4.78, 5) is 4.94. The lowest BCUT2D eigenvalue weighted by molar-refractivity contribution is 0.115. The van der Waals surface area contributed by atoms with Gasteiger partial charge < -0.3 is 9.84 Å². The van der Waals surface area contributed by atoms with E-state index in [1.54, 1.807) is 12.1 Å². The fraction of sp³-hybridized carbons (Fsp3) is 0.667. The summed E-state index contributed by atoms with van der Waals surface area (Å²) in [7, 11) is 0. The average molecular weight is 322 g/mol. The Kier molecular flexibility index (Phi) is 5.86. The molecule has 128 valence electrons. The zero-order valence-electron chi connectivity index (χ0n) is 13.7. The van der Waals surface area contributed by atoms with Gasteiger partial charge in [0.15, 0.2) is 0 Å². The molecule has 4 nitrogen and oxygen atoms in total. The first kappa shape index (κ1) is 16.7. The number of aliphatic hydroxyl groups is 1. The van der Waals surface area contributed by atoms with Crippen LogP contribution in [0.4, 0.5) is 4.39 Å². The normalized spacial score (nSPS) is 26.0. The standard InChI is InChI=1S/C18H27FN2O2/c19-15-5-7-18(8-6-15)23-12-11-20-9-1-3-16(20)13-21-10-2-4-17(21)14-22/h5-8,16-17,22H,1-4,9-14H2/t16-,17-/m1/s1. The molecule has 2 aliphatic rings. The van der Waals surface area contributed by atoms with Crippen molar-refractivity contribution in [3.8, 4) is 5.75 Å². The van der Waals surface area contributed by atoms with Crippen LogP contribution in [0.1, 0.15) is 25.7 Å². The molecule has 0 amide bonds. The Labute approximate surface area is 137 Å². The number of benzene rings is 1. The van der Waals surface area contributed by atoms with Gasteiger partial charge in [-0.1, -0.05) is 0 Å². The number of rotatable bonds is 7. The summed E-state index contributed by atoms with van der Waals surface area (Å²) in [5, 5.41) is 9.46. The lowest BCUT2D eigenvalue weighted by atomic mass is 10.2. The zero-order valence-corrected chi connectivity index (χ0v) is 13.7. The average Bonchev–Trinajstić information content (AvgIpc) is 3.19. The van der Waals surface area contributed by atoms with Crippen LogP contribution in [0.25, 0.3) is 0 Å². The molecule has 1 aromatic carbocycles. The molecule has 1 aromatic rings. The monoisotopic (exact) mass is 322 g/mol. The van der Waals surface area contributed by atoms with Crippen molar-refractivity contribution in [1.82, 2.24) is 9.80 Å². The van der Waals surface area contributed by atoms with Crippen LogP contribution < -0.4 is 4.74 Å². The first-order valence-corrected chi connectivity index (χ1v) is 8.73. The van der Waals surface area contributed by atoms with Crippen molar-refractivity contribution in [1.29, 1.82) is 0 Å². The van der Waals surface area contributed by atoms with E-state index in [-0.39, 0.29) is 12.4 Å². The summed E-state index contributed by atoms with van der Waals surface area (Å²) < 4.78 is 18.6. The van der Waals surface area contributed by atoms with Crippen LogP contribution in [0.15, 0.2) is 24.3 Å².